The van der Waals surface area contributed by atoms with E-state index < -0.39 is 26.6 Å². The van der Waals surface area contributed by atoms with Crippen molar-refractivity contribution in [2.24, 2.45) is 0 Å². The monoisotopic (exact) mass is 337 g/mol. The molecular weight excluding hydrogens is 324 g/mol. The fourth-order valence-electron chi connectivity index (χ4n) is 2.12. The zero-order valence-electron chi connectivity index (χ0n) is 11.1. The van der Waals surface area contributed by atoms with Crippen molar-refractivity contribution in [3.05, 3.63) is 29.3 Å². The number of nitrogens with zero attached hydrogens (tertiary/aromatic N) is 2. The first kappa shape index (κ1) is 17.8. The highest BCUT2D eigenvalue weighted by atomic mass is 35.5. The molecule has 1 aromatic carbocycles. The first-order valence-corrected chi connectivity index (χ1v) is 7.43. The van der Waals surface area contributed by atoms with Gasteiger partial charge in [0, 0.05) is 25.7 Å². The minimum absolute atomic E-state index is 0. The van der Waals surface area contributed by atoms with E-state index in [1.54, 1.807) is 13.0 Å². The number of hydrogen-bond donors (Lipinski definition) is 1. The molecule has 0 aliphatic carbocycles. The van der Waals surface area contributed by atoms with Gasteiger partial charge in [0.2, 0.25) is 10.0 Å². The molecule has 2 rings (SSSR count). The molecule has 1 aliphatic rings. The van der Waals surface area contributed by atoms with Crippen molar-refractivity contribution in [2.45, 2.75) is 17.9 Å². The summed E-state index contributed by atoms with van der Waals surface area (Å²) in [5.74, 6) is -2.49. The number of nitrogens with one attached hydrogen (secondary N) is 1. The number of benzene rings is 1. The van der Waals surface area contributed by atoms with E-state index in [1.807, 2.05) is 0 Å². The first-order valence-electron chi connectivity index (χ1n) is 5.99. The number of hydrogen-bond acceptors (Lipinski definition) is 4. The fourth-order valence-corrected chi connectivity index (χ4v) is 3.74. The van der Waals surface area contributed by atoms with Crippen LogP contribution >= 0.6 is 12.4 Å². The summed E-state index contributed by atoms with van der Waals surface area (Å²) in [6.07, 6.45) is 0. The Morgan fingerprint density at radius 1 is 1.38 bits per heavy atom. The summed E-state index contributed by atoms with van der Waals surface area (Å²) in [6, 6.07) is 2.93. The molecule has 0 radical (unpaired) electrons. The van der Waals surface area contributed by atoms with Crippen LogP contribution in [0.5, 0.6) is 0 Å². The van der Waals surface area contributed by atoms with Crippen LogP contribution in [0.4, 0.5) is 8.78 Å². The normalized spacial score (nSPS) is 19.6. The number of sulfonamides is 1. The smallest absolute Gasteiger partial charge is 0.249 e. The number of halogens is 3. The third-order valence-corrected chi connectivity index (χ3v) is 4.97. The number of rotatable bonds is 2. The highest BCUT2D eigenvalue weighted by Gasteiger charge is 2.33. The van der Waals surface area contributed by atoms with E-state index in [2.05, 4.69) is 5.32 Å². The second-order valence-corrected chi connectivity index (χ2v) is 6.47. The summed E-state index contributed by atoms with van der Waals surface area (Å²) in [5.41, 5.74) is -0.257. The molecule has 1 atom stereocenters. The zero-order valence-corrected chi connectivity index (χ0v) is 12.8. The molecule has 0 bridgehead atoms. The summed E-state index contributed by atoms with van der Waals surface area (Å²) in [7, 11) is -4.25. The standard InChI is InChI=1S/C12H13F2N3O2S.ClH/c1-8-7-17(3-2-16-8)20(18,19)12-10(13)4-9(6-15)5-11(12)14;/h4-5,8,16H,2-3,7H2,1H3;1H. The van der Waals surface area contributed by atoms with Crippen molar-refractivity contribution >= 4 is 22.4 Å². The largest absolute Gasteiger partial charge is 0.312 e. The molecule has 1 heterocycles. The van der Waals surface area contributed by atoms with Crippen LogP contribution in [0.3, 0.4) is 0 Å². The Morgan fingerprint density at radius 3 is 2.43 bits per heavy atom. The second kappa shape index (κ2) is 6.66. The van der Waals surface area contributed by atoms with Gasteiger partial charge in [-0.15, -0.1) is 12.4 Å². The SMILES string of the molecule is CC1CN(S(=O)(=O)c2c(F)cc(C#N)cc2F)CCN1.Cl. The molecule has 1 aliphatic heterocycles. The fraction of sp³-hybridized carbons (Fsp3) is 0.417. The Morgan fingerprint density at radius 2 is 1.95 bits per heavy atom. The highest BCUT2D eigenvalue weighted by molar-refractivity contribution is 7.89. The van der Waals surface area contributed by atoms with Crippen molar-refractivity contribution in [2.75, 3.05) is 19.6 Å². The Balaban J connectivity index is 0.00000220. The summed E-state index contributed by atoms with van der Waals surface area (Å²) in [6.45, 7) is 2.49. The van der Waals surface area contributed by atoms with Crippen LogP contribution in [-0.4, -0.2) is 38.4 Å². The Labute approximate surface area is 128 Å². The molecule has 0 saturated carbocycles. The van der Waals surface area contributed by atoms with Gasteiger partial charge in [0.1, 0.15) is 11.6 Å². The Hall–Kier alpha value is -1.27. The van der Waals surface area contributed by atoms with Crippen LogP contribution in [0.15, 0.2) is 17.0 Å². The van der Waals surface area contributed by atoms with Crippen LogP contribution in [0.25, 0.3) is 0 Å². The van der Waals surface area contributed by atoms with Gasteiger partial charge in [0.15, 0.2) is 4.90 Å². The van der Waals surface area contributed by atoms with Crippen molar-refractivity contribution in [3.63, 3.8) is 0 Å². The van der Waals surface area contributed by atoms with Crippen LogP contribution in [0.1, 0.15) is 12.5 Å². The maximum Gasteiger partial charge on any atom is 0.249 e. The maximum atomic E-state index is 13.8. The van der Waals surface area contributed by atoms with Crippen LogP contribution in [-0.2, 0) is 10.0 Å². The molecule has 1 fully saturated rings. The van der Waals surface area contributed by atoms with E-state index in [0.717, 1.165) is 16.4 Å². The molecule has 1 saturated heterocycles. The molecule has 5 nitrogen and oxygen atoms in total. The molecule has 0 spiro atoms. The predicted octanol–water partition coefficient (Wildman–Crippen LogP) is 1.24. The van der Waals surface area contributed by atoms with Crippen LogP contribution in [0, 0.1) is 23.0 Å². The van der Waals surface area contributed by atoms with E-state index in [1.165, 1.54) is 0 Å². The second-order valence-electron chi connectivity index (χ2n) is 4.60. The van der Waals surface area contributed by atoms with Crippen LogP contribution < -0.4 is 5.32 Å². The topological polar surface area (TPSA) is 73.2 Å². The third-order valence-electron chi connectivity index (χ3n) is 3.06. The lowest BCUT2D eigenvalue weighted by molar-refractivity contribution is 0.307. The molecule has 9 heteroatoms. The lowest BCUT2D eigenvalue weighted by atomic mass is 10.2. The highest BCUT2D eigenvalue weighted by Crippen LogP contribution is 2.24. The van der Waals surface area contributed by atoms with Gasteiger partial charge in [0.25, 0.3) is 0 Å². The summed E-state index contributed by atoms with van der Waals surface area (Å²) < 4.78 is 53.3. The predicted molar refractivity (Wildman–Crippen MR) is 74.5 cm³/mol. The molecular formula is C12H14ClF2N3O2S. The van der Waals surface area contributed by atoms with Gasteiger partial charge in [-0.25, -0.2) is 17.2 Å². The lowest BCUT2D eigenvalue weighted by Gasteiger charge is -2.31. The van der Waals surface area contributed by atoms with Crippen molar-refractivity contribution in [3.8, 4) is 6.07 Å². The summed E-state index contributed by atoms with van der Waals surface area (Å²) in [4.78, 5) is -0.995. The van der Waals surface area contributed by atoms with Crippen molar-refractivity contribution < 1.29 is 17.2 Å². The van der Waals surface area contributed by atoms with Crippen molar-refractivity contribution in [1.29, 1.82) is 5.26 Å². The first-order chi connectivity index (χ1) is 9.36. The molecule has 1 aromatic rings. The molecule has 116 valence electrons. The Kier molecular flexibility index (Phi) is 5.64. The van der Waals surface area contributed by atoms with Gasteiger partial charge >= 0.3 is 0 Å². The average Bonchev–Trinajstić information content (AvgIpc) is 2.37. The van der Waals surface area contributed by atoms with E-state index in [-0.39, 0.29) is 37.1 Å². The number of piperazine rings is 1. The number of nitriles is 1. The maximum absolute atomic E-state index is 13.8. The van der Waals surface area contributed by atoms with Crippen molar-refractivity contribution in [1.82, 2.24) is 9.62 Å². The van der Waals surface area contributed by atoms with Gasteiger partial charge in [-0.2, -0.15) is 9.57 Å². The van der Waals surface area contributed by atoms with Gasteiger partial charge in [0.05, 0.1) is 11.6 Å². The van der Waals surface area contributed by atoms with Gasteiger partial charge in [-0.05, 0) is 19.1 Å². The third kappa shape index (κ3) is 3.49. The van der Waals surface area contributed by atoms with E-state index in [0.29, 0.717) is 6.54 Å². The van der Waals surface area contributed by atoms with Crippen LogP contribution in [0.2, 0.25) is 0 Å². The van der Waals surface area contributed by atoms with E-state index >= 15 is 0 Å². The molecule has 0 amide bonds. The van der Waals surface area contributed by atoms with E-state index in [9.17, 15) is 17.2 Å². The molecule has 1 N–H and O–H groups in total. The van der Waals surface area contributed by atoms with Gasteiger partial charge in [-0.3, -0.25) is 0 Å². The molecule has 21 heavy (non-hydrogen) atoms. The molecule has 1 unspecified atom stereocenters. The van der Waals surface area contributed by atoms with Gasteiger partial charge < -0.3 is 5.32 Å². The minimum atomic E-state index is -4.25. The molecule has 0 aromatic heterocycles. The van der Waals surface area contributed by atoms with E-state index in [4.69, 9.17) is 5.26 Å². The van der Waals surface area contributed by atoms with Gasteiger partial charge in [-0.1, -0.05) is 0 Å². The minimum Gasteiger partial charge on any atom is -0.312 e. The zero-order chi connectivity index (χ0) is 14.9. The summed E-state index contributed by atoms with van der Waals surface area (Å²) in [5, 5.41) is 11.7. The summed E-state index contributed by atoms with van der Waals surface area (Å²) >= 11 is 0. The quantitative estimate of drug-likeness (QED) is 0.881. The Bertz CT molecular complexity index is 653. The lowest BCUT2D eigenvalue weighted by Crippen LogP contribution is -2.51. The average molecular weight is 338 g/mol.